The van der Waals surface area contributed by atoms with Gasteiger partial charge in [0.25, 0.3) is 5.91 Å². The van der Waals surface area contributed by atoms with Gasteiger partial charge in [-0.3, -0.25) is 4.79 Å². The van der Waals surface area contributed by atoms with E-state index in [0.29, 0.717) is 26.4 Å². The lowest BCUT2D eigenvalue weighted by Crippen LogP contribution is -2.41. The number of fused-ring (bicyclic) bond motifs is 2. The Morgan fingerprint density at radius 2 is 2.03 bits per heavy atom. The molecule has 0 saturated carbocycles. The third kappa shape index (κ3) is 3.69. The molecule has 2 saturated heterocycles. The topological polar surface area (TPSA) is 72.9 Å². The molecule has 7 nitrogen and oxygen atoms in total. The molecular weight excluding hydrogens is 382 g/mol. The molecule has 1 aromatic carbocycles. The van der Waals surface area contributed by atoms with Gasteiger partial charge >= 0.3 is 0 Å². The van der Waals surface area contributed by atoms with Crippen molar-refractivity contribution in [2.24, 2.45) is 0 Å². The fraction of sp³-hybridized carbons (Fsp3) is 0.478. The maximum absolute atomic E-state index is 13.5. The molecule has 2 unspecified atom stereocenters. The number of nitrogens with zero attached hydrogens (tertiary/aromatic N) is 2. The van der Waals surface area contributed by atoms with Gasteiger partial charge in [0.15, 0.2) is 0 Å². The van der Waals surface area contributed by atoms with E-state index in [1.54, 1.807) is 6.20 Å². The molecule has 3 atom stereocenters. The first-order valence-corrected chi connectivity index (χ1v) is 10.7. The van der Waals surface area contributed by atoms with E-state index >= 15 is 0 Å². The van der Waals surface area contributed by atoms with Crippen molar-refractivity contribution in [1.82, 2.24) is 4.98 Å². The van der Waals surface area contributed by atoms with E-state index in [1.165, 1.54) is 0 Å². The number of ether oxygens (including phenoxy) is 3. The van der Waals surface area contributed by atoms with Crippen LogP contribution in [0.1, 0.15) is 43.4 Å². The van der Waals surface area contributed by atoms with Crippen LogP contribution < -0.4 is 10.2 Å². The van der Waals surface area contributed by atoms with Crippen molar-refractivity contribution in [3.63, 3.8) is 0 Å². The molecule has 0 bridgehead atoms. The van der Waals surface area contributed by atoms with E-state index in [1.807, 2.05) is 42.2 Å². The Balaban J connectivity index is 1.55. The highest BCUT2D eigenvalue weighted by Gasteiger charge is 2.33. The van der Waals surface area contributed by atoms with Gasteiger partial charge in [-0.25, -0.2) is 4.98 Å². The molecule has 1 N–H and O–H groups in total. The zero-order valence-corrected chi connectivity index (χ0v) is 17.2. The van der Waals surface area contributed by atoms with Gasteiger partial charge in [-0.2, -0.15) is 0 Å². The molecule has 3 aliphatic heterocycles. The minimum atomic E-state index is -0.401. The normalized spacial score (nSPS) is 26.2. The molecule has 4 heterocycles. The summed E-state index contributed by atoms with van der Waals surface area (Å²) in [4.78, 5) is 19.8. The van der Waals surface area contributed by atoms with Crippen LogP contribution in [-0.2, 0) is 25.5 Å². The molecule has 2 fully saturated rings. The second-order valence-electron chi connectivity index (χ2n) is 8.06. The summed E-state index contributed by atoms with van der Waals surface area (Å²) in [6, 6.07) is 9.99. The molecule has 1 aromatic heterocycles. The number of pyridine rings is 1. The second-order valence-corrected chi connectivity index (χ2v) is 8.06. The molecule has 30 heavy (non-hydrogen) atoms. The quantitative estimate of drug-likeness (QED) is 0.815. The maximum atomic E-state index is 13.5. The van der Waals surface area contributed by atoms with Crippen LogP contribution in [0.25, 0.3) is 0 Å². The average Bonchev–Trinajstić information content (AvgIpc) is 2.96. The summed E-state index contributed by atoms with van der Waals surface area (Å²) in [5, 5.41) is 3.41. The summed E-state index contributed by atoms with van der Waals surface area (Å²) in [6.07, 6.45) is 3.94. The van der Waals surface area contributed by atoms with Gasteiger partial charge in [-0.1, -0.05) is 12.1 Å². The third-order valence-corrected chi connectivity index (χ3v) is 6.02. The number of hydrogen-bond donors (Lipinski definition) is 1. The first kappa shape index (κ1) is 19.5. The predicted molar refractivity (Wildman–Crippen MR) is 113 cm³/mol. The molecule has 0 aliphatic carbocycles. The number of benzene rings is 1. The van der Waals surface area contributed by atoms with Crippen LogP contribution in [0.5, 0.6) is 0 Å². The van der Waals surface area contributed by atoms with Crippen LogP contribution in [0.4, 0.5) is 17.2 Å². The standard InChI is InChI=1S/C23H27N3O4/c1-15-21(30-12-11-28-15)16-7-8-18-19(13-16)26(23(27)20-6-2-3-10-29-20)14-17-5-4-9-24-22(17)25-18/h4-5,7-9,13,15,20-21H,2-3,6,10-12,14H2,1H3,(H,24,25)/t15?,20-,21?/m1/s1. The molecule has 158 valence electrons. The smallest absolute Gasteiger partial charge is 0.256 e. The van der Waals surface area contributed by atoms with Gasteiger partial charge in [0.05, 0.1) is 37.2 Å². The van der Waals surface area contributed by atoms with Gasteiger partial charge in [-0.05, 0) is 49.9 Å². The zero-order valence-electron chi connectivity index (χ0n) is 17.2. The van der Waals surface area contributed by atoms with Gasteiger partial charge in [-0.15, -0.1) is 0 Å². The maximum Gasteiger partial charge on any atom is 0.256 e. The Hall–Kier alpha value is -2.48. The van der Waals surface area contributed by atoms with Crippen LogP contribution in [-0.4, -0.2) is 42.9 Å². The highest BCUT2D eigenvalue weighted by atomic mass is 16.6. The summed E-state index contributed by atoms with van der Waals surface area (Å²) in [6.45, 7) is 4.28. The van der Waals surface area contributed by atoms with Crippen molar-refractivity contribution in [2.45, 2.75) is 51.0 Å². The van der Waals surface area contributed by atoms with Crippen LogP contribution in [0.2, 0.25) is 0 Å². The van der Waals surface area contributed by atoms with Crippen LogP contribution in [0, 0.1) is 0 Å². The second kappa shape index (κ2) is 8.34. The predicted octanol–water partition coefficient (Wildman–Crippen LogP) is 3.72. The Bertz CT molecular complexity index is 928. The SMILES string of the molecule is CC1OCCOC1c1ccc2c(c1)N(C(=O)[C@H]1CCCCO1)Cc1cccnc1N2. The van der Waals surface area contributed by atoms with E-state index < -0.39 is 6.10 Å². The molecule has 2 aromatic rings. The van der Waals surface area contributed by atoms with Gasteiger partial charge in [0.1, 0.15) is 18.0 Å². The lowest BCUT2D eigenvalue weighted by Gasteiger charge is -2.32. The lowest BCUT2D eigenvalue weighted by molar-refractivity contribution is -0.135. The Kier molecular flexibility index (Phi) is 5.41. The van der Waals surface area contributed by atoms with Crippen LogP contribution in [0.15, 0.2) is 36.5 Å². The Morgan fingerprint density at radius 3 is 2.87 bits per heavy atom. The van der Waals surface area contributed by atoms with Crippen molar-refractivity contribution >= 4 is 23.1 Å². The lowest BCUT2D eigenvalue weighted by atomic mass is 10.0. The fourth-order valence-corrected chi connectivity index (χ4v) is 4.42. The Morgan fingerprint density at radius 1 is 1.13 bits per heavy atom. The molecule has 0 radical (unpaired) electrons. The summed E-state index contributed by atoms with van der Waals surface area (Å²) in [5.41, 5.74) is 3.66. The molecule has 7 heteroatoms. The average molecular weight is 409 g/mol. The first-order chi connectivity index (χ1) is 14.7. The summed E-state index contributed by atoms with van der Waals surface area (Å²) in [5.74, 6) is 0.775. The zero-order chi connectivity index (χ0) is 20.5. The number of anilines is 3. The monoisotopic (exact) mass is 409 g/mol. The van der Waals surface area contributed by atoms with Crippen LogP contribution in [0.3, 0.4) is 0 Å². The molecule has 1 amide bonds. The van der Waals surface area contributed by atoms with Crippen molar-refractivity contribution in [1.29, 1.82) is 0 Å². The van der Waals surface area contributed by atoms with E-state index in [-0.39, 0.29) is 18.1 Å². The van der Waals surface area contributed by atoms with Crippen LogP contribution >= 0.6 is 0 Å². The van der Waals surface area contributed by atoms with Crippen molar-refractivity contribution in [2.75, 3.05) is 30.0 Å². The fourth-order valence-electron chi connectivity index (χ4n) is 4.42. The molecular formula is C23H27N3O4. The van der Waals surface area contributed by atoms with Crippen molar-refractivity contribution in [3.05, 3.63) is 47.7 Å². The number of amides is 1. The first-order valence-electron chi connectivity index (χ1n) is 10.7. The van der Waals surface area contributed by atoms with Gasteiger partial charge < -0.3 is 24.4 Å². The highest BCUT2D eigenvalue weighted by Crippen LogP contribution is 2.39. The van der Waals surface area contributed by atoms with E-state index in [2.05, 4.69) is 10.3 Å². The minimum absolute atomic E-state index is 0.000430. The number of nitrogens with one attached hydrogen (secondary N) is 1. The number of aromatic nitrogens is 1. The Labute approximate surface area is 176 Å². The summed E-state index contributed by atoms with van der Waals surface area (Å²) >= 11 is 0. The minimum Gasteiger partial charge on any atom is -0.373 e. The number of carbonyl (C=O) groups excluding carboxylic acids is 1. The van der Waals surface area contributed by atoms with E-state index in [9.17, 15) is 4.79 Å². The van der Waals surface area contributed by atoms with Crippen molar-refractivity contribution in [3.8, 4) is 0 Å². The van der Waals surface area contributed by atoms with Crippen molar-refractivity contribution < 1.29 is 19.0 Å². The molecule has 3 aliphatic rings. The molecule has 5 rings (SSSR count). The van der Waals surface area contributed by atoms with E-state index in [0.717, 1.165) is 47.6 Å². The van der Waals surface area contributed by atoms with E-state index in [4.69, 9.17) is 14.2 Å². The summed E-state index contributed by atoms with van der Waals surface area (Å²) < 4.78 is 17.6. The largest absolute Gasteiger partial charge is 0.373 e. The summed E-state index contributed by atoms with van der Waals surface area (Å²) in [7, 11) is 0. The number of rotatable bonds is 2. The number of hydrogen-bond acceptors (Lipinski definition) is 6. The third-order valence-electron chi connectivity index (χ3n) is 6.02. The number of carbonyl (C=O) groups is 1. The molecule has 0 spiro atoms. The van der Waals surface area contributed by atoms with Gasteiger partial charge in [0.2, 0.25) is 0 Å². The highest BCUT2D eigenvalue weighted by molar-refractivity contribution is 6.00. The van der Waals surface area contributed by atoms with Gasteiger partial charge in [0, 0.05) is 18.4 Å².